The molecule has 1 N–H and O–H groups in total. The van der Waals surface area contributed by atoms with Crippen molar-refractivity contribution in [2.45, 2.75) is 12.7 Å². The molecule has 1 aromatic rings. The molecule has 0 unspecified atom stereocenters. The number of carbonyl (C=O) groups is 1. The number of nitrogens with one attached hydrogen (secondary N) is 1. The Balaban J connectivity index is 1.83. The molecule has 1 fully saturated rings. The quantitative estimate of drug-likeness (QED) is 0.927. The van der Waals surface area contributed by atoms with Gasteiger partial charge >= 0.3 is 6.03 Å². The van der Waals surface area contributed by atoms with Gasteiger partial charge in [0.15, 0.2) is 6.29 Å². The minimum Gasteiger partial charge on any atom is -0.350 e. The SMILES string of the molecule is CN(CCC1OCCO1)C(=O)Nc1ccc(Cl)cc1Cl. The molecule has 1 aromatic carbocycles. The third kappa shape index (κ3) is 4.24. The number of hydrogen-bond donors (Lipinski definition) is 1. The maximum absolute atomic E-state index is 12.0. The lowest BCUT2D eigenvalue weighted by Crippen LogP contribution is -2.33. The zero-order valence-corrected chi connectivity index (χ0v) is 12.6. The van der Waals surface area contributed by atoms with Crippen molar-refractivity contribution in [2.75, 3.05) is 32.1 Å². The number of halogens is 2. The smallest absolute Gasteiger partial charge is 0.321 e. The predicted octanol–water partition coefficient (Wildman–Crippen LogP) is 3.22. The zero-order chi connectivity index (χ0) is 14.5. The van der Waals surface area contributed by atoms with Gasteiger partial charge in [-0.15, -0.1) is 0 Å². The van der Waals surface area contributed by atoms with Crippen molar-refractivity contribution in [1.82, 2.24) is 4.90 Å². The number of urea groups is 1. The monoisotopic (exact) mass is 318 g/mol. The minimum absolute atomic E-state index is 0.218. The Morgan fingerprint density at radius 2 is 2.10 bits per heavy atom. The van der Waals surface area contributed by atoms with Gasteiger partial charge in [-0.1, -0.05) is 23.2 Å². The summed E-state index contributed by atoms with van der Waals surface area (Å²) in [5.74, 6) is 0. The van der Waals surface area contributed by atoms with Crippen molar-refractivity contribution in [1.29, 1.82) is 0 Å². The summed E-state index contributed by atoms with van der Waals surface area (Å²) in [4.78, 5) is 13.5. The summed E-state index contributed by atoms with van der Waals surface area (Å²) >= 11 is 11.8. The summed E-state index contributed by atoms with van der Waals surface area (Å²) in [7, 11) is 1.70. The summed E-state index contributed by atoms with van der Waals surface area (Å²) in [6.45, 7) is 1.75. The van der Waals surface area contributed by atoms with Gasteiger partial charge in [-0.25, -0.2) is 4.79 Å². The zero-order valence-electron chi connectivity index (χ0n) is 11.1. The van der Waals surface area contributed by atoms with Gasteiger partial charge in [0, 0.05) is 25.0 Å². The van der Waals surface area contributed by atoms with E-state index >= 15 is 0 Å². The molecule has 0 aromatic heterocycles. The number of hydrogen-bond acceptors (Lipinski definition) is 3. The van der Waals surface area contributed by atoms with E-state index in [9.17, 15) is 4.79 Å². The molecule has 1 aliphatic heterocycles. The van der Waals surface area contributed by atoms with Gasteiger partial charge in [0.2, 0.25) is 0 Å². The van der Waals surface area contributed by atoms with Gasteiger partial charge in [0.1, 0.15) is 0 Å². The largest absolute Gasteiger partial charge is 0.350 e. The summed E-state index contributed by atoms with van der Waals surface area (Å²) in [5.41, 5.74) is 0.529. The standard InChI is InChI=1S/C13H16Cl2N2O3/c1-17(5-4-12-19-6-7-20-12)13(18)16-11-3-2-9(14)8-10(11)15/h2-3,8,12H,4-7H2,1H3,(H,16,18). The number of benzene rings is 1. The number of rotatable bonds is 4. The molecular weight excluding hydrogens is 303 g/mol. The van der Waals surface area contributed by atoms with Crippen LogP contribution in [0.4, 0.5) is 10.5 Å². The van der Waals surface area contributed by atoms with Crippen molar-refractivity contribution in [3.05, 3.63) is 28.2 Å². The molecule has 20 heavy (non-hydrogen) atoms. The van der Waals surface area contributed by atoms with E-state index in [1.165, 1.54) is 0 Å². The highest BCUT2D eigenvalue weighted by Gasteiger charge is 2.18. The molecule has 110 valence electrons. The lowest BCUT2D eigenvalue weighted by Gasteiger charge is -2.19. The topological polar surface area (TPSA) is 50.8 Å². The van der Waals surface area contributed by atoms with Crippen LogP contribution in [-0.4, -0.2) is 44.0 Å². The van der Waals surface area contributed by atoms with Gasteiger partial charge in [-0.05, 0) is 18.2 Å². The fourth-order valence-corrected chi connectivity index (χ4v) is 2.23. The van der Waals surface area contributed by atoms with E-state index < -0.39 is 0 Å². The molecule has 2 amide bonds. The van der Waals surface area contributed by atoms with Crippen LogP contribution in [-0.2, 0) is 9.47 Å². The molecule has 0 saturated carbocycles. The van der Waals surface area contributed by atoms with Gasteiger partial charge in [-0.2, -0.15) is 0 Å². The highest BCUT2D eigenvalue weighted by molar-refractivity contribution is 6.36. The van der Waals surface area contributed by atoms with Crippen molar-refractivity contribution in [3.8, 4) is 0 Å². The van der Waals surface area contributed by atoms with Crippen LogP contribution in [0.2, 0.25) is 10.0 Å². The second kappa shape index (κ2) is 7.13. The van der Waals surface area contributed by atoms with E-state index in [1.807, 2.05) is 0 Å². The van der Waals surface area contributed by atoms with Crippen molar-refractivity contribution in [3.63, 3.8) is 0 Å². The van der Waals surface area contributed by atoms with Crippen LogP contribution in [0.5, 0.6) is 0 Å². The Labute approximate surface area is 127 Å². The highest BCUT2D eigenvalue weighted by atomic mass is 35.5. The fraction of sp³-hybridized carbons (Fsp3) is 0.462. The first-order valence-corrected chi connectivity index (χ1v) is 7.02. The van der Waals surface area contributed by atoms with Crippen LogP contribution < -0.4 is 5.32 Å². The second-order valence-corrected chi connectivity index (χ2v) is 5.28. The lowest BCUT2D eigenvalue weighted by molar-refractivity contribution is -0.0488. The Morgan fingerprint density at radius 3 is 2.75 bits per heavy atom. The number of amides is 2. The molecule has 5 nitrogen and oxygen atoms in total. The Kier molecular flexibility index (Phi) is 5.48. The van der Waals surface area contributed by atoms with Crippen LogP contribution in [0.25, 0.3) is 0 Å². The van der Waals surface area contributed by atoms with Crippen LogP contribution in [0.3, 0.4) is 0 Å². The third-order valence-electron chi connectivity index (χ3n) is 2.91. The van der Waals surface area contributed by atoms with E-state index in [0.29, 0.717) is 41.9 Å². The van der Waals surface area contributed by atoms with E-state index in [1.54, 1.807) is 30.1 Å². The Bertz CT molecular complexity index is 479. The molecule has 1 heterocycles. The Hall–Kier alpha value is -1.01. The number of carbonyl (C=O) groups excluding carboxylic acids is 1. The minimum atomic E-state index is -0.243. The van der Waals surface area contributed by atoms with Crippen LogP contribution >= 0.6 is 23.2 Å². The van der Waals surface area contributed by atoms with Crippen LogP contribution in [0.15, 0.2) is 18.2 Å². The molecule has 0 bridgehead atoms. The third-order valence-corrected chi connectivity index (χ3v) is 3.46. The number of ether oxygens (including phenoxy) is 2. The normalized spacial score (nSPS) is 15.3. The van der Waals surface area contributed by atoms with Crippen molar-refractivity contribution < 1.29 is 14.3 Å². The summed E-state index contributed by atoms with van der Waals surface area (Å²) in [5, 5.41) is 3.66. The van der Waals surface area contributed by atoms with Crippen LogP contribution in [0, 0.1) is 0 Å². The first-order chi connectivity index (χ1) is 9.56. The molecule has 1 saturated heterocycles. The van der Waals surface area contributed by atoms with E-state index in [2.05, 4.69) is 5.32 Å². The highest BCUT2D eigenvalue weighted by Crippen LogP contribution is 2.25. The number of nitrogens with zero attached hydrogens (tertiary/aromatic N) is 1. The molecule has 0 radical (unpaired) electrons. The van der Waals surface area contributed by atoms with E-state index in [4.69, 9.17) is 32.7 Å². The van der Waals surface area contributed by atoms with Gasteiger partial charge in [0.05, 0.1) is 23.9 Å². The Morgan fingerprint density at radius 1 is 1.40 bits per heavy atom. The molecular formula is C13H16Cl2N2O3. The fourth-order valence-electron chi connectivity index (χ4n) is 1.78. The summed E-state index contributed by atoms with van der Waals surface area (Å²) in [6, 6.07) is 4.68. The summed E-state index contributed by atoms with van der Waals surface area (Å²) in [6.07, 6.45) is 0.419. The maximum atomic E-state index is 12.0. The van der Waals surface area contributed by atoms with Crippen molar-refractivity contribution >= 4 is 34.9 Å². The predicted molar refractivity (Wildman–Crippen MR) is 78.4 cm³/mol. The van der Waals surface area contributed by atoms with Crippen molar-refractivity contribution in [2.24, 2.45) is 0 Å². The lowest BCUT2D eigenvalue weighted by atomic mass is 10.3. The molecule has 0 atom stereocenters. The van der Waals surface area contributed by atoms with Crippen LogP contribution in [0.1, 0.15) is 6.42 Å². The van der Waals surface area contributed by atoms with E-state index in [0.717, 1.165) is 0 Å². The molecule has 2 rings (SSSR count). The van der Waals surface area contributed by atoms with Gasteiger partial charge in [-0.3, -0.25) is 0 Å². The number of anilines is 1. The molecule has 0 aliphatic carbocycles. The maximum Gasteiger partial charge on any atom is 0.321 e. The average Bonchev–Trinajstić information content (AvgIpc) is 2.92. The molecule has 0 spiro atoms. The second-order valence-electron chi connectivity index (χ2n) is 4.44. The molecule has 7 heteroatoms. The summed E-state index contributed by atoms with van der Waals surface area (Å²) < 4.78 is 10.6. The molecule has 1 aliphatic rings. The van der Waals surface area contributed by atoms with Gasteiger partial charge in [0.25, 0.3) is 0 Å². The first kappa shape index (κ1) is 15.4. The first-order valence-electron chi connectivity index (χ1n) is 6.26. The van der Waals surface area contributed by atoms with E-state index in [-0.39, 0.29) is 12.3 Å². The van der Waals surface area contributed by atoms with Gasteiger partial charge < -0.3 is 19.7 Å². The average molecular weight is 319 g/mol.